The van der Waals surface area contributed by atoms with Crippen LogP contribution < -0.4 is 15.8 Å². The topological polar surface area (TPSA) is 64.3 Å². The number of nitrogens with one attached hydrogen (secondary N) is 1. The van der Waals surface area contributed by atoms with Gasteiger partial charge in [-0.25, -0.2) is 0 Å². The van der Waals surface area contributed by atoms with E-state index in [0.717, 1.165) is 22.4 Å². The van der Waals surface area contributed by atoms with Gasteiger partial charge in [-0.3, -0.25) is 4.79 Å². The number of rotatable bonds is 7. The summed E-state index contributed by atoms with van der Waals surface area (Å²) in [6, 6.07) is 22.3. The van der Waals surface area contributed by atoms with Gasteiger partial charge in [0.25, 0.3) is 5.91 Å². The summed E-state index contributed by atoms with van der Waals surface area (Å²) in [5.74, 6) is 0.538. The van der Waals surface area contributed by atoms with Crippen molar-refractivity contribution >= 4 is 23.4 Å². The zero-order valence-electron chi connectivity index (χ0n) is 15.5. The maximum absolute atomic E-state index is 12.8. The predicted octanol–water partition coefficient (Wildman–Crippen LogP) is 5.09. The molecule has 0 saturated carbocycles. The van der Waals surface area contributed by atoms with Crippen LogP contribution in [0.1, 0.15) is 27.0 Å². The van der Waals surface area contributed by atoms with Crippen LogP contribution >= 0.6 is 0 Å². The zero-order valence-corrected chi connectivity index (χ0v) is 15.5. The van der Waals surface area contributed by atoms with E-state index in [4.69, 9.17) is 10.5 Å². The molecule has 3 aromatic rings. The van der Waals surface area contributed by atoms with Crippen LogP contribution in [0.2, 0.25) is 0 Å². The lowest BCUT2D eigenvalue weighted by molar-refractivity contribution is 0.102. The molecule has 0 bridgehead atoms. The summed E-state index contributed by atoms with van der Waals surface area (Å²) in [4.78, 5) is 12.8. The molecular weight excluding hydrogens is 348 g/mol. The van der Waals surface area contributed by atoms with E-state index >= 15 is 0 Å². The second kappa shape index (κ2) is 8.73. The number of benzene rings is 3. The van der Waals surface area contributed by atoms with Crippen molar-refractivity contribution in [3.63, 3.8) is 0 Å². The van der Waals surface area contributed by atoms with E-state index in [0.29, 0.717) is 23.6 Å². The smallest absolute Gasteiger partial charge is 0.256 e. The second-order valence-corrected chi connectivity index (χ2v) is 6.24. The monoisotopic (exact) mass is 370 g/mol. The third kappa shape index (κ3) is 4.48. The van der Waals surface area contributed by atoms with E-state index in [1.54, 1.807) is 18.2 Å². The SMILES string of the molecule is C=Cc1ccc(NC(=O)c2ccccc2COc2ccccc2)cc1C(=C)N. The minimum Gasteiger partial charge on any atom is -0.489 e. The number of carbonyl (C=O) groups excluding carboxylic acids is 1. The standard InChI is InChI=1S/C24H22N2O2/c1-3-18-13-14-20(15-23(18)17(2)25)26-24(27)22-12-8-7-9-19(22)16-28-21-10-5-4-6-11-21/h3-15H,1-2,16,25H2,(H,26,27). The highest BCUT2D eigenvalue weighted by molar-refractivity contribution is 6.05. The van der Waals surface area contributed by atoms with Crippen molar-refractivity contribution < 1.29 is 9.53 Å². The van der Waals surface area contributed by atoms with Crippen molar-refractivity contribution in [3.05, 3.63) is 108 Å². The molecule has 0 aliphatic rings. The molecule has 140 valence electrons. The second-order valence-electron chi connectivity index (χ2n) is 6.24. The fraction of sp³-hybridized carbons (Fsp3) is 0.0417. The zero-order chi connectivity index (χ0) is 19.9. The highest BCUT2D eigenvalue weighted by atomic mass is 16.5. The Kier molecular flexibility index (Phi) is 5.92. The van der Waals surface area contributed by atoms with E-state index in [9.17, 15) is 4.79 Å². The highest BCUT2D eigenvalue weighted by Crippen LogP contribution is 2.22. The average molecular weight is 370 g/mol. The molecule has 3 N–H and O–H groups in total. The van der Waals surface area contributed by atoms with Gasteiger partial charge in [0, 0.05) is 28.1 Å². The lowest BCUT2D eigenvalue weighted by atomic mass is 10.0. The third-order valence-electron chi connectivity index (χ3n) is 4.28. The van der Waals surface area contributed by atoms with Crippen LogP contribution in [0.15, 0.2) is 86.0 Å². The summed E-state index contributed by atoms with van der Waals surface area (Å²) < 4.78 is 5.79. The van der Waals surface area contributed by atoms with Gasteiger partial charge in [-0.15, -0.1) is 0 Å². The Balaban J connectivity index is 1.79. The first-order valence-corrected chi connectivity index (χ1v) is 8.87. The van der Waals surface area contributed by atoms with Crippen LogP contribution in [0, 0.1) is 0 Å². The molecule has 0 radical (unpaired) electrons. The number of anilines is 1. The van der Waals surface area contributed by atoms with Crippen LogP contribution in [0.3, 0.4) is 0 Å². The van der Waals surface area contributed by atoms with Crippen molar-refractivity contribution in [2.75, 3.05) is 5.32 Å². The number of ether oxygens (including phenoxy) is 1. The van der Waals surface area contributed by atoms with E-state index < -0.39 is 0 Å². The van der Waals surface area contributed by atoms with Crippen LogP contribution in [-0.4, -0.2) is 5.91 Å². The predicted molar refractivity (Wildman–Crippen MR) is 115 cm³/mol. The third-order valence-corrected chi connectivity index (χ3v) is 4.28. The largest absolute Gasteiger partial charge is 0.489 e. The van der Waals surface area contributed by atoms with Gasteiger partial charge in [0.1, 0.15) is 12.4 Å². The van der Waals surface area contributed by atoms with Crippen LogP contribution in [0.4, 0.5) is 5.69 Å². The minimum absolute atomic E-state index is 0.216. The van der Waals surface area contributed by atoms with E-state index in [-0.39, 0.29) is 5.91 Å². The molecule has 4 nitrogen and oxygen atoms in total. The summed E-state index contributed by atoms with van der Waals surface area (Å²) in [6.45, 7) is 7.85. The van der Waals surface area contributed by atoms with Gasteiger partial charge in [-0.2, -0.15) is 0 Å². The molecule has 0 fully saturated rings. The normalized spacial score (nSPS) is 10.1. The summed E-state index contributed by atoms with van der Waals surface area (Å²) in [6.07, 6.45) is 1.70. The Labute approximate surface area is 165 Å². The van der Waals surface area contributed by atoms with Crippen LogP contribution in [0.25, 0.3) is 11.8 Å². The van der Waals surface area contributed by atoms with Gasteiger partial charge in [0.2, 0.25) is 0 Å². The van der Waals surface area contributed by atoms with Gasteiger partial charge >= 0.3 is 0 Å². The lowest BCUT2D eigenvalue weighted by Gasteiger charge is -2.13. The first-order chi connectivity index (χ1) is 13.6. The minimum atomic E-state index is -0.216. The fourth-order valence-corrected chi connectivity index (χ4v) is 2.83. The van der Waals surface area contributed by atoms with E-state index in [2.05, 4.69) is 18.5 Å². The van der Waals surface area contributed by atoms with E-state index in [1.165, 1.54) is 0 Å². The average Bonchev–Trinajstić information content (AvgIpc) is 2.73. The Morgan fingerprint density at radius 3 is 2.43 bits per heavy atom. The molecule has 0 aromatic heterocycles. The highest BCUT2D eigenvalue weighted by Gasteiger charge is 2.13. The van der Waals surface area contributed by atoms with Crippen molar-refractivity contribution in [1.82, 2.24) is 0 Å². The fourth-order valence-electron chi connectivity index (χ4n) is 2.83. The van der Waals surface area contributed by atoms with Crippen molar-refractivity contribution in [3.8, 4) is 5.75 Å². The molecular formula is C24H22N2O2. The first kappa shape index (κ1) is 19.0. The van der Waals surface area contributed by atoms with Gasteiger partial charge in [0.05, 0.1) is 0 Å². The Morgan fingerprint density at radius 1 is 1.00 bits per heavy atom. The van der Waals surface area contributed by atoms with Crippen LogP contribution in [-0.2, 0) is 6.61 Å². The lowest BCUT2D eigenvalue weighted by Crippen LogP contribution is -2.15. The summed E-state index contributed by atoms with van der Waals surface area (Å²) in [7, 11) is 0. The first-order valence-electron chi connectivity index (χ1n) is 8.87. The molecule has 3 aromatic carbocycles. The molecule has 0 atom stereocenters. The van der Waals surface area contributed by atoms with E-state index in [1.807, 2.05) is 60.7 Å². The van der Waals surface area contributed by atoms with Crippen molar-refractivity contribution in [2.24, 2.45) is 5.73 Å². The molecule has 0 spiro atoms. The Hall–Kier alpha value is -3.79. The maximum atomic E-state index is 12.8. The molecule has 0 saturated heterocycles. The molecule has 28 heavy (non-hydrogen) atoms. The molecule has 4 heteroatoms. The number of hydrogen-bond acceptors (Lipinski definition) is 3. The number of carbonyl (C=O) groups is 1. The van der Waals surface area contributed by atoms with Crippen molar-refractivity contribution in [2.45, 2.75) is 6.61 Å². The van der Waals surface area contributed by atoms with Gasteiger partial charge < -0.3 is 15.8 Å². The molecule has 3 rings (SSSR count). The Morgan fingerprint density at radius 2 is 1.71 bits per heavy atom. The number of hydrogen-bond donors (Lipinski definition) is 2. The van der Waals surface area contributed by atoms with Gasteiger partial charge in [-0.1, -0.05) is 61.7 Å². The van der Waals surface area contributed by atoms with Crippen molar-refractivity contribution in [1.29, 1.82) is 0 Å². The molecule has 0 unspecified atom stereocenters. The quantitative estimate of drug-likeness (QED) is 0.609. The molecule has 0 heterocycles. The molecule has 1 amide bonds. The summed E-state index contributed by atoms with van der Waals surface area (Å²) in [5.41, 5.74) is 9.87. The summed E-state index contributed by atoms with van der Waals surface area (Å²) in [5, 5.41) is 2.92. The maximum Gasteiger partial charge on any atom is 0.256 e. The Bertz CT molecular complexity index is 1010. The van der Waals surface area contributed by atoms with Gasteiger partial charge in [-0.05, 0) is 35.9 Å². The van der Waals surface area contributed by atoms with Crippen LogP contribution in [0.5, 0.6) is 5.75 Å². The molecule has 0 aliphatic heterocycles. The number of amides is 1. The molecule has 0 aliphatic carbocycles. The number of nitrogens with two attached hydrogens (primary N) is 1. The number of para-hydroxylation sites is 1. The van der Waals surface area contributed by atoms with Gasteiger partial charge in [0.15, 0.2) is 0 Å². The summed E-state index contributed by atoms with van der Waals surface area (Å²) >= 11 is 0.